The zero-order valence-electron chi connectivity index (χ0n) is 9.89. The Morgan fingerprint density at radius 1 is 1.44 bits per heavy atom. The Balaban J connectivity index is 2.20. The molecule has 1 heterocycles. The number of amides is 2. The molecule has 0 aromatic carbocycles. The molecule has 1 fully saturated rings. The number of nitrogens with zero attached hydrogens (tertiary/aromatic N) is 1. The highest BCUT2D eigenvalue weighted by molar-refractivity contribution is 9.10. The van der Waals surface area contributed by atoms with Crippen molar-refractivity contribution in [2.24, 2.45) is 5.73 Å². The van der Waals surface area contributed by atoms with Gasteiger partial charge in [0.1, 0.15) is 0 Å². The van der Waals surface area contributed by atoms with Crippen LogP contribution in [0.1, 0.15) is 36.0 Å². The molecule has 0 spiro atoms. The Labute approximate surface area is 113 Å². The van der Waals surface area contributed by atoms with Crippen LogP contribution in [0.2, 0.25) is 0 Å². The minimum absolute atomic E-state index is 0.0406. The van der Waals surface area contributed by atoms with Crippen molar-refractivity contribution in [2.75, 3.05) is 6.54 Å². The first kappa shape index (κ1) is 13.1. The van der Waals surface area contributed by atoms with E-state index in [9.17, 15) is 9.59 Å². The maximum Gasteiger partial charge on any atom is 0.259 e. The molecule has 0 aliphatic heterocycles. The Kier molecular flexibility index (Phi) is 4.06. The van der Waals surface area contributed by atoms with Gasteiger partial charge in [-0.2, -0.15) is 0 Å². The first-order chi connectivity index (χ1) is 8.59. The molecule has 5 nitrogen and oxygen atoms in total. The highest BCUT2D eigenvalue weighted by Crippen LogP contribution is 2.27. The predicted molar refractivity (Wildman–Crippen MR) is 68.9 cm³/mol. The van der Waals surface area contributed by atoms with Gasteiger partial charge in [-0.25, -0.2) is 0 Å². The second-order valence-corrected chi connectivity index (χ2v) is 5.17. The third-order valence-corrected chi connectivity index (χ3v) is 3.81. The lowest BCUT2D eigenvalue weighted by atomic mass is 10.1. The van der Waals surface area contributed by atoms with Crippen molar-refractivity contribution in [3.8, 4) is 0 Å². The first-order valence-electron chi connectivity index (χ1n) is 5.92. The third-order valence-electron chi connectivity index (χ3n) is 3.20. The molecule has 2 N–H and O–H groups in total. The van der Waals surface area contributed by atoms with Crippen LogP contribution in [-0.2, 0) is 4.79 Å². The van der Waals surface area contributed by atoms with Crippen LogP contribution < -0.4 is 5.73 Å². The molecule has 1 aromatic rings. The van der Waals surface area contributed by atoms with Crippen LogP contribution in [0.25, 0.3) is 0 Å². The Morgan fingerprint density at radius 2 is 2.11 bits per heavy atom. The zero-order chi connectivity index (χ0) is 13.1. The van der Waals surface area contributed by atoms with Gasteiger partial charge in [-0.1, -0.05) is 12.8 Å². The highest BCUT2D eigenvalue weighted by atomic mass is 79.9. The van der Waals surface area contributed by atoms with Crippen molar-refractivity contribution in [3.63, 3.8) is 0 Å². The van der Waals surface area contributed by atoms with Gasteiger partial charge in [-0.15, -0.1) is 0 Å². The number of rotatable bonds is 4. The molecule has 6 heteroatoms. The summed E-state index contributed by atoms with van der Waals surface area (Å²) in [6, 6.07) is 1.70. The lowest BCUT2D eigenvalue weighted by Crippen LogP contribution is -2.44. The van der Waals surface area contributed by atoms with Gasteiger partial charge in [0, 0.05) is 6.04 Å². The predicted octanol–water partition coefficient (Wildman–Crippen LogP) is 1.91. The molecule has 2 rings (SSSR count). The van der Waals surface area contributed by atoms with Gasteiger partial charge in [0.2, 0.25) is 5.91 Å². The van der Waals surface area contributed by atoms with Gasteiger partial charge in [-0.05, 0) is 34.8 Å². The monoisotopic (exact) mass is 314 g/mol. The summed E-state index contributed by atoms with van der Waals surface area (Å²) in [4.78, 5) is 25.1. The molecule has 0 bridgehead atoms. The van der Waals surface area contributed by atoms with Crippen molar-refractivity contribution in [3.05, 3.63) is 22.6 Å². The number of hydrogen-bond acceptors (Lipinski definition) is 3. The summed E-state index contributed by atoms with van der Waals surface area (Å²) in [6.45, 7) is -0.0406. The molecular formula is C12H15BrN2O3. The minimum atomic E-state index is -0.491. The summed E-state index contributed by atoms with van der Waals surface area (Å²) in [5.74, 6) is -0.698. The van der Waals surface area contributed by atoms with Crippen LogP contribution in [0.5, 0.6) is 0 Å². The zero-order valence-corrected chi connectivity index (χ0v) is 11.5. The number of hydrogen-bond donors (Lipinski definition) is 1. The summed E-state index contributed by atoms with van der Waals surface area (Å²) in [5.41, 5.74) is 5.66. The summed E-state index contributed by atoms with van der Waals surface area (Å²) in [7, 11) is 0. The molecule has 0 atom stereocenters. The summed E-state index contributed by atoms with van der Waals surface area (Å²) in [5, 5.41) is 0. The topological polar surface area (TPSA) is 76.5 Å². The Hall–Kier alpha value is -1.30. The number of halogens is 1. The molecule has 0 radical (unpaired) electrons. The molecule has 2 amide bonds. The van der Waals surface area contributed by atoms with E-state index in [4.69, 9.17) is 10.2 Å². The average Bonchev–Trinajstić information content (AvgIpc) is 2.95. The standard InChI is InChI=1S/C12H15BrN2O3/c13-11-9(5-6-18-11)12(17)15(7-10(14)16)8-3-1-2-4-8/h5-6,8H,1-4,7H2,(H2,14,16). The number of primary amides is 1. The van der Waals surface area contributed by atoms with Crippen LogP contribution >= 0.6 is 15.9 Å². The molecule has 1 saturated carbocycles. The van der Waals surface area contributed by atoms with E-state index < -0.39 is 5.91 Å². The fraction of sp³-hybridized carbons (Fsp3) is 0.500. The number of nitrogens with two attached hydrogens (primary N) is 1. The second kappa shape index (κ2) is 5.56. The summed E-state index contributed by atoms with van der Waals surface area (Å²) in [6.07, 6.45) is 5.46. The van der Waals surface area contributed by atoms with Crippen molar-refractivity contribution in [2.45, 2.75) is 31.7 Å². The van der Waals surface area contributed by atoms with E-state index in [-0.39, 0.29) is 18.5 Å². The van der Waals surface area contributed by atoms with Crippen LogP contribution in [0.3, 0.4) is 0 Å². The number of carbonyl (C=O) groups is 2. The summed E-state index contributed by atoms with van der Waals surface area (Å²) >= 11 is 3.18. The van der Waals surface area contributed by atoms with Crippen LogP contribution in [0.15, 0.2) is 21.4 Å². The minimum Gasteiger partial charge on any atom is -0.457 e. The lowest BCUT2D eigenvalue weighted by molar-refractivity contribution is -0.119. The normalized spacial score (nSPS) is 15.8. The number of carbonyl (C=O) groups excluding carboxylic acids is 2. The Morgan fingerprint density at radius 3 is 2.61 bits per heavy atom. The van der Waals surface area contributed by atoms with Gasteiger partial charge < -0.3 is 15.1 Å². The third kappa shape index (κ3) is 2.75. The fourth-order valence-corrected chi connectivity index (χ4v) is 2.76. The maximum absolute atomic E-state index is 12.4. The largest absolute Gasteiger partial charge is 0.457 e. The number of furan rings is 1. The average molecular weight is 315 g/mol. The molecule has 0 saturated heterocycles. The van der Waals surface area contributed by atoms with Crippen molar-refractivity contribution in [1.29, 1.82) is 0 Å². The van der Waals surface area contributed by atoms with E-state index in [0.717, 1.165) is 25.7 Å². The van der Waals surface area contributed by atoms with Crippen LogP contribution in [0, 0.1) is 0 Å². The van der Waals surface area contributed by atoms with E-state index in [1.54, 1.807) is 11.0 Å². The van der Waals surface area contributed by atoms with E-state index in [2.05, 4.69) is 15.9 Å². The van der Waals surface area contributed by atoms with Crippen molar-refractivity contribution in [1.82, 2.24) is 4.90 Å². The molecule has 98 valence electrons. The van der Waals surface area contributed by atoms with E-state index in [1.807, 2.05) is 0 Å². The quantitative estimate of drug-likeness (QED) is 0.922. The molecule has 0 unspecified atom stereocenters. The van der Waals surface area contributed by atoms with Gasteiger partial charge in [-0.3, -0.25) is 9.59 Å². The molecule has 18 heavy (non-hydrogen) atoms. The maximum atomic E-state index is 12.4. The molecular weight excluding hydrogens is 300 g/mol. The van der Waals surface area contributed by atoms with E-state index in [1.165, 1.54) is 6.26 Å². The fourth-order valence-electron chi connectivity index (χ4n) is 2.35. The molecule has 1 aliphatic carbocycles. The first-order valence-corrected chi connectivity index (χ1v) is 6.71. The smallest absolute Gasteiger partial charge is 0.259 e. The SMILES string of the molecule is NC(=O)CN(C(=O)c1ccoc1Br)C1CCCC1. The van der Waals surface area contributed by atoms with E-state index in [0.29, 0.717) is 10.2 Å². The van der Waals surface area contributed by atoms with Gasteiger partial charge >= 0.3 is 0 Å². The van der Waals surface area contributed by atoms with E-state index >= 15 is 0 Å². The van der Waals surface area contributed by atoms with Crippen LogP contribution in [0.4, 0.5) is 0 Å². The molecule has 1 aromatic heterocycles. The van der Waals surface area contributed by atoms with Crippen LogP contribution in [-0.4, -0.2) is 29.3 Å². The van der Waals surface area contributed by atoms with Crippen molar-refractivity contribution >= 4 is 27.7 Å². The second-order valence-electron chi connectivity index (χ2n) is 4.45. The van der Waals surface area contributed by atoms with Crippen molar-refractivity contribution < 1.29 is 14.0 Å². The van der Waals surface area contributed by atoms with Gasteiger partial charge in [0.05, 0.1) is 18.4 Å². The lowest BCUT2D eigenvalue weighted by Gasteiger charge is -2.27. The summed E-state index contributed by atoms with van der Waals surface area (Å²) < 4.78 is 5.45. The Bertz CT molecular complexity index is 452. The highest BCUT2D eigenvalue weighted by Gasteiger charge is 2.30. The molecule has 1 aliphatic rings. The van der Waals surface area contributed by atoms with Gasteiger partial charge in [0.25, 0.3) is 5.91 Å². The van der Waals surface area contributed by atoms with Gasteiger partial charge in [0.15, 0.2) is 4.67 Å².